The molecule has 1 saturated carbocycles. The maximum absolute atomic E-state index is 8.76. The molecule has 2 unspecified atom stereocenters. The van der Waals surface area contributed by atoms with Gasteiger partial charge in [-0.1, -0.05) is 19.1 Å². The molecule has 1 aromatic carbocycles. The molecule has 1 aromatic rings. The van der Waals surface area contributed by atoms with E-state index in [0.717, 1.165) is 30.5 Å². The molecule has 1 aliphatic carbocycles. The second-order valence-corrected chi connectivity index (χ2v) is 4.76. The molecule has 0 bridgehead atoms. The van der Waals surface area contributed by atoms with E-state index in [1.165, 1.54) is 5.56 Å². The molecule has 15 heavy (non-hydrogen) atoms. The Hall–Kier alpha value is -1.33. The fraction of sp³-hybridized carbons (Fsp3) is 0.462. The molecular formula is C13H14N2. The summed E-state index contributed by atoms with van der Waals surface area (Å²) in [4.78, 5) is 0. The molecule has 1 heterocycles. The quantitative estimate of drug-likeness (QED) is 0.745. The summed E-state index contributed by atoms with van der Waals surface area (Å²) in [5, 5.41) is 12.2. The topological polar surface area (TPSA) is 35.8 Å². The van der Waals surface area contributed by atoms with E-state index in [-0.39, 0.29) is 0 Å². The fourth-order valence-corrected chi connectivity index (χ4v) is 3.25. The summed E-state index contributed by atoms with van der Waals surface area (Å²) in [5.74, 6) is 1.61. The van der Waals surface area contributed by atoms with Gasteiger partial charge in [-0.3, -0.25) is 0 Å². The van der Waals surface area contributed by atoms with Crippen molar-refractivity contribution in [2.24, 2.45) is 11.8 Å². The normalized spacial score (nSPS) is 37.1. The number of nitriles is 1. The minimum Gasteiger partial charge on any atom is -0.316 e. The van der Waals surface area contributed by atoms with E-state index >= 15 is 0 Å². The summed E-state index contributed by atoms with van der Waals surface area (Å²) in [6, 6.07) is 10.3. The first-order valence-electron chi connectivity index (χ1n) is 5.50. The van der Waals surface area contributed by atoms with Gasteiger partial charge in [0, 0.05) is 12.0 Å². The molecule has 0 radical (unpaired) electrons. The lowest BCUT2D eigenvalue weighted by atomic mass is 9.92. The van der Waals surface area contributed by atoms with Crippen molar-refractivity contribution >= 4 is 0 Å². The van der Waals surface area contributed by atoms with Gasteiger partial charge in [-0.2, -0.15) is 5.26 Å². The van der Waals surface area contributed by atoms with E-state index in [1.54, 1.807) is 0 Å². The molecule has 2 fully saturated rings. The van der Waals surface area contributed by atoms with E-state index in [4.69, 9.17) is 5.26 Å². The Morgan fingerprint density at radius 2 is 2.13 bits per heavy atom. The van der Waals surface area contributed by atoms with Crippen molar-refractivity contribution in [2.45, 2.75) is 12.3 Å². The van der Waals surface area contributed by atoms with E-state index < -0.39 is 0 Å². The van der Waals surface area contributed by atoms with Crippen LogP contribution in [-0.4, -0.2) is 13.1 Å². The summed E-state index contributed by atoms with van der Waals surface area (Å²) >= 11 is 0. The van der Waals surface area contributed by atoms with E-state index in [9.17, 15) is 0 Å². The maximum atomic E-state index is 8.76. The number of nitrogens with one attached hydrogen (secondary N) is 1. The van der Waals surface area contributed by atoms with Crippen LogP contribution in [0.15, 0.2) is 24.3 Å². The average molecular weight is 198 g/mol. The first-order valence-corrected chi connectivity index (χ1v) is 5.50. The molecule has 2 heteroatoms. The van der Waals surface area contributed by atoms with Crippen LogP contribution in [0.5, 0.6) is 0 Å². The second kappa shape index (κ2) is 2.84. The first-order chi connectivity index (χ1) is 7.29. The number of rotatable bonds is 1. The lowest BCUT2D eigenvalue weighted by Crippen LogP contribution is -2.22. The number of hydrogen-bond acceptors (Lipinski definition) is 2. The van der Waals surface area contributed by atoms with Gasteiger partial charge >= 0.3 is 0 Å². The highest BCUT2D eigenvalue weighted by molar-refractivity contribution is 5.42. The summed E-state index contributed by atoms with van der Waals surface area (Å²) in [6.07, 6.45) is 0. The van der Waals surface area contributed by atoms with Crippen molar-refractivity contribution in [3.63, 3.8) is 0 Å². The van der Waals surface area contributed by atoms with Gasteiger partial charge < -0.3 is 5.32 Å². The van der Waals surface area contributed by atoms with Gasteiger partial charge in [0.05, 0.1) is 11.6 Å². The molecule has 0 aromatic heterocycles. The Morgan fingerprint density at radius 1 is 1.40 bits per heavy atom. The van der Waals surface area contributed by atoms with Gasteiger partial charge in [-0.05, 0) is 36.1 Å². The van der Waals surface area contributed by atoms with Crippen LogP contribution < -0.4 is 5.32 Å². The summed E-state index contributed by atoms with van der Waals surface area (Å²) < 4.78 is 0. The number of nitrogens with zero attached hydrogens (tertiary/aromatic N) is 1. The Balaban J connectivity index is 1.97. The van der Waals surface area contributed by atoms with Crippen LogP contribution in [0.3, 0.4) is 0 Å². The predicted octanol–water partition coefficient (Wildman–Crippen LogP) is 1.67. The van der Waals surface area contributed by atoms with Gasteiger partial charge in [0.2, 0.25) is 0 Å². The first kappa shape index (κ1) is 8.94. The van der Waals surface area contributed by atoms with Crippen LogP contribution in [0.1, 0.15) is 18.1 Å². The number of fused-ring (bicyclic) bond motifs is 1. The highest BCUT2D eigenvalue weighted by Gasteiger charge is 2.64. The highest BCUT2D eigenvalue weighted by atomic mass is 15.0. The molecule has 1 saturated heterocycles. The number of piperidine rings is 1. The summed E-state index contributed by atoms with van der Waals surface area (Å²) in [5.41, 5.74) is 2.54. The zero-order valence-electron chi connectivity index (χ0n) is 8.83. The van der Waals surface area contributed by atoms with Crippen LogP contribution in [0.25, 0.3) is 0 Å². The minimum atomic E-state index is 0.383. The lowest BCUT2D eigenvalue weighted by Gasteiger charge is -2.14. The summed E-state index contributed by atoms with van der Waals surface area (Å²) in [7, 11) is 0. The molecule has 76 valence electrons. The second-order valence-electron chi connectivity index (χ2n) is 4.76. The zero-order valence-corrected chi connectivity index (χ0v) is 8.83. The molecule has 2 aliphatic rings. The van der Waals surface area contributed by atoms with Crippen molar-refractivity contribution in [1.29, 1.82) is 5.26 Å². The molecule has 1 aliphatic heterocycles. The monoisotopic (exact) mass is 198 g/mol. The fourth-order valence-electron chi connectivity index (χ4n) is 3.25. The Labute approximate surface area is 89.9 Å². The van der Waals surface area contributed by atoms with Gasteiger partial charge in [-0.25, -0.2) is 0 Å². The third-order valence-electron chi connectivity index (χ3n) is 4.30. The van der Waals surface area contributed by atoms with Crippen LogP contribution in [0, 0.1) is 23.2 Å². The van der Waals surface area contributed by atoms with Gasteiger partial charge in [0.25, 0.3) is 0 Å². The average Bonchev–Trinajstić information content (AvgIpc) is 2.68. The molecule has 0 spiro atoms. The maximum Gasteiger partial charge on any atom is 0.0991 e. The van der Waals surface area contributed by atoms with Gasteiger partial charge in [0.15, 0.2) is 0 Å². The molecular weight excluding hydrogens is 184 g/mol. The van der Waals surface area contributed by atoms with Crippen molar-refractivity contribution < 1.29 is 0 Å². The highest BCUT2D eigenvalue weighted by Crippen LogP contribution is 2.61. The van der Waals surface area contributed by atoms with Crippen LogP contribution >= 0.6 is 0 Å². The van der Waals surface area contributed by atoms with Crippen LogP contribution in [0.2, 0.25) is 0 Å². The van der Waals surface area contributed by atoms with Gasteiger partial charge in [-0.15, -0.1) is 0 Å². The third kappa shape index (κ3) is 1.02. The lowest BCUT2D eigenvalue weighted by molar-refractivity contribution is 0.591. The van der Waals surface area contributed by atoms with E-state index in [0.29, 0.717) is 5.41 Å². The van der Waals surface area contributed by atoms with Gasteiger partial charge in [0.1, 0.15) is 0 Å². The summed E-state index contributed by atoms with van der Waals surface area (Å²) in [6.45, 7) is 4.59. The van der Waals surface area contributed by atoms with E-state index in [1.807, 2.05) is 12.1 Å². The Morgan fingerprint density at radius 3 is 2.67 bits per heavy atom. The molecule has 3 atom stereocenters. The number of benzene rings is 1. The third-order valence-corrected chi connectivity index (χ3v) is 4.30. The smallest absolute Gasteiger partial charge is 0.0991 e. The predicted molar refractivity (Wildman–Crippen MR) is 58.4 cm³/mol. The minimum absolute atomic E-state index is 0.383. The molecule has 0 amide bonds. The van der Waals surface area contributed by atoms with E-state index in [2.05, 4.69) is 30.4 Å². The van der Waals surface area contributed by atoms with Crippen LogP contribution in [-0.2, 0) is 5.41 Å². The Bertz CT molecular complexity index is 429. The van der Waals surface area contributed by atoms with Crippen molar-refractivity contribution in [2.75, 3.05) is 13.1 Å². The molecule has 1 N–H and O–H groups in total. The van der Waals surface area contributed by atoms with Crippen LogP contribution in [0.4, 0.5) is 0 Å². The SMILES string of the molecule is CC1C2CNC[C@]12c1ccc(C#N)cc1. The zero-order chi connectivity index (χ0) is 10.5. The largest absolute Gasteiger partial charge is 0.316 e. The van der Waals surface area contributed by atoms with Crippen molar-refractivity contribution in [3.05, 3.63) is 35.4 Å². The van der Waals surface area contributed by atoms with Crippen molar-refractivity contribution in [3.8, 4) is 6.07 Å². The molecule has 2 nitrogen and oxygen atoms in total. The number of hydrogen-bond donors (Lipinski definition) is 1. The standard InChI is InChI=1S/C13H14N2/c1-9-12-7-15-8-13(9,12)11-4-2-10(6-14)3-5-11/h2-5,9,12,15H,7-8H2,1H3/t9?,12?,13-/m1/s1. The molecule has 3 rings (SSSR count). The van der Waals surface area contributed by atoms with Crippen molar-refractivity contribution in [1.82, 2.24) is 5.32 Å². The Kier molecular flexibility index (Phi) is 1.69.